The predicted molar refractivity (Wildman–Crippen MR) is 76.5 cm³/mol. The molecule has 0 aliphatic carbocycles. The van der Waals surface area contributed by atoms with E-state index in [0.29, 0.717) is 32.5 Å². The normalized spacial score (nSPS) is 17.9. The Hall–Kier alpha value is -1.51. The van der Waals surface area contributed by atoms with Gasteiger partial charge in [-0.05, 0) is 25.0 Å². The second kappa shape index (κ2) is 6.50. The number of ether oxygens (including phenoxy) is 1. The summed E-state index contributed by atoms with van der Waals surface area (Å²) in [6, 6.07) is 4.98. The van der Waals surface area contributed by atoms with Crippen molar-refractivity contribution in [3.8, 4) is 0 Å². The van der Waals surface area contributed by atoms with Crippen LogP contribution >= 0.6 is 0 Å². The molecule has 1 atom stereocenters. The summed E-state index contributed by atoms with van der Waals surface area (Å²) in [6.45, 7) is 3.42. The van der Waals surface area contributed by atoms with E-state index in [9.17, 15) is 18.5 Å². The maximum atomic E-state index is 12.6. The fourth-order valence-electron chi connectivity index (χ4n) is 2.01. The molecule has 0 radical (unpaired) electrons. The van der Waals surface area contributed by atoms with Crippen molar-refractivity contribution < 1.29 is 18.1 Å². The number of epoxide rings is 1. The lowest BCUT2D eigenvalue weighted by atomic mass is 10.3. The molecule has 1 saturated heterocycles. The zero-order valence-electron chi connectivity index (χ0n) is 11.8. The molecule has 0 aromatic heterocycles. The summed E-state index contributed by atoms with van der Waals surface area (Å²) in [5, 5.41) is 10.6. The number of nitro benzene ring substituents is 1. The van der Waals surface area contributed by atoms with Crippen molar-refractivity contribution in [1.82, 2.24) is 4.31 Å². The highest BCUT2D eigenvalue weighted by atomic mass is 32.2. The SMILES string of the molecule is CCCN(CCC1CO1)S(=O)(=O)c1ccc([N+](=O)[O-])cc1. The first-order chi connectivity index (χ1) is 9.95. The summed E-state index contributed by atoms with van der Waals surface area (Å²) in [5.41, 5.74) is -0.123. The summed E-state index contributed by atoms with van der Waals surface area (Å²) < 4.78 is 31.6. The Balaban J connectivity index is 2.17. The van der Waals surface area contributed by atoms with E-state index in [1.165, 1.54) is 28.6 Å². The number of hydrogen-bond acceptors (Lipinski definition) is 5. The molecule has 7 nitrogen and oxygen atoms in total. The minimum absolute atomic E-state index is 0.0817. The molecule has 0 bridgehead atoms. The zero-order chi connectivity index (χ0) is 15.5. The van der Waals surface area contributed by atoms with Gasteiger partial charge in [0.1, 0.15) is 0 Å². The molecule has 1 aliphatic heterocycles. The van der Waals surface area contributed by atoms with E-state index in [1.807, 2.05) is 6.92 Å². The Morgan fingerprint density at radius 2 is 1.95 bits per heavy atom. The first-order valence-corrected chi connectivity index (χ1v) is 8.25. The van der Waals surface area contributed by atoms with Crippen LogP contribution < -0.4 is 0 Å². The van der Waals surface area contributed by atoms with E-state index in [4.69, 9.17) is 4.74 Å². The fraction of sp³-hybridized carbons (Fsp3) is 0.538. The summed E-state index contributed by atoms with van der Waals surface area (Å²) >= 11 is 0. The van der Waals surface area contributed by atoms with E-state index < -0.39 is 14.9 Å². The molecular formula is C13H18N2O5S. The molecule has 1 unspecified atom stereocenters. The van der Waals surface area contributed by atoms with Gasteiger partial charge in [-0.15, -0.1) is 0 Å². The number of rotatable bonds is 8. The van der Waals surface area contributed by atoms with Crippen molar-refractivity contribution in [2.24, 2.45) is 0 Å². The van der Waals surface area contributed by atoms with Gasteiger partial charge >= 0.3 is 0 Å². The molecule has 116 valence electrons. The molecule has 2 rings (SSSR count). The summed E-state index contributed by atoms with van der Waals surface area (Å²) in [4.78, 5) is 10.1. The second-order valence-electron chi connectivity index (χ2n) is 4.90. The number of hydrogen-bond donors (Lipinski definition) is 0. The van der Waals surface area contributed by atoms with Crippen LogP contribution in [0.2, 0.25) is 0 Å². The minimum Gasteiger partial charge on any atom is -0.373 e. The number of non-ortho nitro benzene ring substituents is 1. The van der Waals surface area contributed by atoms with Crippen molar-refractivity contribution in [2.45, 2.75) is 30.8 Å². The first-order valence-electron chi connectivity index (χ1n) is 6.81. The van der Waals surface area contributed by atoms with Crippen molar-refractivity contribution in [1.29, 1.82) is 0 Å². The number of sulfonamides is 1. The molecule has 1 fully saturated rings. The smallest absolute Gasteiger partial charge is 0.269 e. The van der Waals surface area contributed by atoms with Crippen LogP contribution in [0.1, 0.15) is 19.8 Å². The number of nitro groups is 1. The van der Waals surface area contributed by atoms with Gasteiger partial charge in [-0.3, -0.25) is 10.1 Å². The van der Waals surface area contributed by atoms with Gasteiger partial charge in [0.15, 0.2) is 0 Å². The molecule has 0 N–H and O–H groups in total. The van der Waals surface area contributed by atoms with Gasteiger partial charge in [-0.25, -0.2) is 8.42 Å². The average Bonchev–Trinajstić information content (AvgIpc) is 3.27. The van der Waals surface area contributed by atoms with Crippen LogP contribution in [0.15, 0.2) is 29.2 Å². The molecule has 0 spiro atoms. The highest BCUT2D eigenvalue weighted by Gasteiger charge is 2.28. The predicted octanol–water partition coefficient (Wildman–Crippen LogP) is 1.78. The topological polar surface area (TPSA) is 93.1 Å². The van der Waals surface area contributed by atoms with Gasteiger partial charge in [0.25, 0.3) is 5.69 Å². The largest absolute Gasteiger partial charge is 0.373 e. The third-order valence-electron chi connectivity index (χ3n) is 3.26. The van der Waals surface area contributed by atoms with Gasteiger partial charge in [-0.2, -0.15) is 4.31 Å². The van der Waals surface area contributed by atoms with Crippen LogP contribution in [-0.2, 0) is 14.8 Å². The molecular weight excluding hydrogens is 296 g/mol. The monoisotopic (exact) mass is 314 g/mol. The molecule has 1 aromatic rings. The fourth-order valence-corrected chi connectivity index (χ4v) is 3.56. The Morgan fingerprint density at radius 1 is 1.33 bits per heavy atom. The molecule has 0 saturated carbocycles. The minimum atomic E-state index is -3.62. The van der Waals surface area contributed by atoms with E-state index in [0.717, 1.165) is 0 Å². The van der Waals surface area contributed by atoms with Gasteiger partial charge in [0.2, 0.25) is 10.0 Å². The lowest BCUT2D eigenvalue weighted by Gasteiger charge is -2.21. The average molecular weight is 314 g/mol. The summed E-state index contributed by atoms with van der Waals surface area (Å²) in [5.74, 6) is 0. The van der Waals surface area contributed by atoms with Crippen LogP contribution in [0.5, 0.6) is 0 Å². The lowest BCUT2D eigenvalue weighted by molar-refractivity contribution is -0.384. The molecule has 21 heavy (non-hydrogen) atoms. The molecule has 1 heterocycles. The summed E-state index contributed by atoms with van der Waals surface area (Å²) in [7, 11) is -3.62. The maximum Gasteiger partial charge on any atom is 0.269 e. The number of nitrogens with zero attached hydrogens (tertiary/aromatic N) is 2. The van der Waals surface area contributed by atoms with E-state index in [1.54, 1.807) is 0 Å². The van der Waals surface area contributed by atoms with Crippen molar-refractivity contribution >= 4 is 15.7 Å². The molecule has 1 aromatic carbocycles. The van der Waals surface area contributed by atoms with Crippen molar-refractivity contribution in [3.63, 3.8) is 0 Å². The second-order valence-corrected chi connectivity index (χ2v) is 6.84. The van der Waals surface area contributed by atoms with Crippen molar-refractivity contribution in [3.05, 3.63) is 34.4 Å². The van der Waals surface area contributed by atoms with Crippen LogP contribution in [0, 0.1) is 10.1 Å². The van der Waals surface area contributed by atoms with Crippen LogP contribution in [0.4, 0.5) is 5.69 Å². The lowest BCUT2D eigenvalue weighted by Crippen LogP contribution is -2.33. The molecule has 1 aliphatic rings. The highest BCUT2D eigenvalue weighted by molar-refractivity contribution is 7.89. The number of benzene rings is 1. The first kappa shape index (κ1) is 15.9. The highest BCUT2D eigenvalue weighted by Crippen LogP contribution is 2.22. The van der Waals surface area contributed by atoms with E-state index in [2.05, 4.69) is 0 Å². The Morgan fingerprint density at radius 3 is 2.43 bits per heavy atom. The quantitative estimate of drug-likeness (QED) is 0.414. The third-order valence-corrected chi connectivity index (χ3v) is 5.17. The van der Waals surface area contributed by atoms with E-state index >= 15 is 0 Å². The Bertz CT molecular complexity index is 595. The molecule has 0 amide bonds. The van der Waals surface area contributed by atoms with Gasteiger partial charge in [0.05, 0.1) is 22.5 Å². The van der Waals surface area contributed by atoms with Gasteiger partial charge in [0, 0.05) is 25.2 Å². The van der Waals surface area contributed by atoms with Gasteiger partial charge < -0.3 is 4.74 Å². The van der Waals surface area contributed by atoms with Crippen LogP contribution in [-0.4, -0.2) is 43.4 Å². The Labute approximate surface area is 123 Å². The van der Waals surface area contributed by atoms with Crippen molar-refractivity contribution in [2.75, 3.05) is 19.7 Å². The maximum absolute atomic E-state index is 12.6. The summed E-state index contributed by atoms with van der Waals surface area (Å²) in [6.07, 6.45) is 1.54. The third kappa shape index (κ3) is 3.99. The molecule has 8 heteroatoms. The van der Waals surface area contributed by atoms with Crippen LogP contribution in [0.25, 0.3) is 0 Å². The zero-order valence-corrected chi connectivity index (χ0v) is 12.6. The van der Waals surface area contributed by atoms with E-state index in [-0.39, 0.29) is 16.7 Å². The van der Waals surface area contributed by atoms with Gasteiger partial charge in [-0.1, -0.05) is 6.92 Å². The van der Waals surface area contributed by atoms with Crippen LogP contribution in [0.3, 0.4) is 0 Å². The standard InChI is InChI=1S/C13H18N2O5S/c1-2-8-14(9-7-12-10-20-12)21(18,19)13-5-3-11(4-6-13)15(16)17/h3-6,12H,2,7-10H2,1H3. The Kier molecular flexibility index (Phi) is 4.92.